The van der Waals surface area contributed by atoms with Crippen LogP contribution in [-0.2, 0) is 28.9 Å². The fraction of sp³-hybridized carbons (Fsp3) is 0.312. The lowest BCUT2D eigenvalue weighted by atomic mass is 10.3. The quantitative estimate of drug-likeness (QED) is 0.587. The maximum absolute atomic E-state index is 13.3. The Morgan fingerprint density at radius 3 is 2.59 bits per heavy atom. The Labute approximate surface area is 159 Å². The first-order valence-corrected chi connectivity index (χ1v) is 10.2. The number of nitrogens with zero attached hydrogens (tertiary/aromatic N) is 4. The van der Waals surface area contributed by atoms with Crippen molar-refractivity contribution in [1.82, 2.24) is 14.1 Å². The number of sulfonamides is 1. The molecule has 0 saturated heterocycles. The average Bonchev–Trinajstić information content (AvgIpc) is 3.06. The molecule has 0 aliphatic heterocycles. The molecule has 9 nitrogen and oxygen atoms in total. The number of methoxy groups -OCH3 is 1. The third kappa shape index (κ3) is 3.40. The Morgan fingerprint density at radius 1 is 1.22 bits per heavy atom. The highest BCUT2D eigenvalue weighted by Gasteiger charge is 2.31. The highest BCUT2D eigenvalue weighted by molar-refractivity contribution is 7.93. The number of thiazole rings is 1. The van der Waals surface area contributed by atoms with Crippen LogP contribution in [0.4, 0.5) is 5.13 Å². The molecular weight excluding hydrogens is 392 g/mol. The second-order valence-corrected chi connectivity index (χ2v) is 8.62. The Kier molecular flexibility index (Phi) is 5.18. The minimum absolute atomic E-state index is 0.0232. The lowest BCUT2D eigenvalue weighted by Gasteiger charge is -2.21. The molecule has 0 unspecified atom stereocenters. The maximum atomic E-state index is 13.3. The van der Waals surface area contributed by atoms with Crippen molar-refractivity contribution in [3.63, 3.8) is 0 Å². The minimum Gasteiger partial charge on any atom is -0.383 e. The first kappa shape index (κ1) is 19.3. The standard InChI is InChI=1S/C16H18N4O5S2/c1-18-10-13(14(21)19(2)16(18)22)27(23,24)20(8-9-25-3)15-17-11-6-4-5-7-12(11)26-15/h4-7,10H,8-9H2,1-3H3. The molecule has 0 fully saturated rings. The summed E-state index contributed by atoms with van der Waals surface area (Å²) in [5.41, 5.74) is -0.840. The number of fused-ring (bicyclic) bond motifs is 1. The SMILES string of the molecule is COCCN(c1nc2ccccc2s1)S(=O)(=O)c1cn(C)c(=O)n(C)c1=O. The number of hydrogen-bond donors (Lipinski definition) is 0. The van der Waals surface area contributed by atoms with Gasteiger partial charge in [-0.15, -0.1) is 0 Å². The van der Waals surface area contributed by atoms with E-state index in [1.54, 1.807) is 6.07 Å². The third-order valence-electron chi connectivity index (χ3n) is 3.98. The van der Waals surface area contributed by atoms with Crippen molar-refractivity contribution in [2.75, 3.05) is 24.6 Å². The Hall–Kier alpha value is -2.50. The van der Waals surface area contributed by atoms with Crippen LogP contribution in [0.5, 0.6) is 0 Å². The van der Waals surface area contributed by atoms with Gasteiger partial charge in [0.05, 0.1) is 23.4 Å². The molecule has 0 N–H and O–H groups in total. The van der Waals surface area contributed by atoms with Gasteiger partial charge in [0.15, 0.2) is 4.90 Å². The molecule has 1 aromatic carbocycles. The summed E-state index contributed by atoms with van der Waals surface area (Å²) in [7, 11) is -0.182. The van der Waals surface area contributed by atoms with Gasteiger partial charge >= 0.3 is 5.69 Å². The average molecular weight is 410 g/mol. The van der Waals surface area contributed by atoms with Crippen molar-refractivity contribution >= 4 is 36.7 Å². The fourth-order valence-electron chi connectivity index (χ4n) is 2.53. The smallest absolute Gasteiger partial charge is 0.330 e. The van der Waals surface area contributed by atoms with Gasteiger partial charge in [-0.25, -0.2) is 22.5 Å². The number of aryl methyl sites for hydroxylation is 1. The molecule has 2 heterocycles. The van der Waals surface area contributed by atoms with E-state index >= 15 is 0 Å². The van der Waals surface area contributed by atoms with Crippen LogP contribution in [0.25, 0.3) is 10.2 Å². The zero-order valence-electron chi connectivity index (χ0n) is 14.9. The van der Waals surface area contributed by atoms with Crippen molar-refractivity contribution < 1.29 is 13.2 Å². The number of anilines is 1. The molecule has 0 amide bonds. The Bertz CT molecular complexity index is 1180. The van der Waals surface area contributed by atoms with Crippen molar-refractivity contribution in [2.24, 2.45) is 14.1 Å². The van der Waals surface area contributed by atoms with Crippen LogP contribution < -0.4 is 15.6 Å². The Balaban J connectivity index is 2.20. The number of hydrogen-bond acceptors (Lipinski definition) is 7. The molecule has 0 bridgehead atoms. The van der Waals surface area contributed by atoms with Gasteiger partial charge in [-0.3, -0.25) is 9.36 Å². The van der Waals surface area contributed by atoms with E-state index in [9.17, 15) is 18.0 Å². The van der Waals surface area contributed by atoms with E-state index in [0.29, 0.717) is 5.52 Å². The van der Waals surface area contributed by atoms with E-state index in [1.165, 1.54) is 32.5 Å². The summed E-state index contributed by atoms with van der Waals surface area (Å²) in [5, 5.41) is 0.226. The van der Waals surface area contributed by atoms with E-state index < -0.39 is 26.2 Å². The highest BCUT2D eigenvalue weighted by Crippen LogP contribution is 2.31. The van der Waals surface area contributed by atoms with Crippen LogP contribution in [0.2, 0.25) is 0 Å². The first-order chi connectivity index (χ1) is 12.8. The predicted molar refractivity (Wildman–Crippen MR) is 103 cm³/mol. The summed E-state index contributed by atoms with van der Waals surface area (Å²) in [5.74, 6) is 0. The van der Waals surface area contributed by atoms with Crippen molar-refractivity contribution in [3.8, 4) is 0 Å². The number of rotatable bonds is 6. The van der Waals surface area contributed by atoms with E-state index in [2.05, 4.69) is 4.98 Å². The van der Waals surface area contributed by atoms with Crippen LogP contribution in [-0.4, -0.2) is 42.8 Å². The van der Waals surface area contributed by atoms with Gasteiger partial charge in [-0.05, 0) is 12.1 Å². The van der Waals surface area contributed by atoms with Gasteiger partial charge in [0.2, 0.25) is 5.13 Å². The number of ether oxygens (including phenoxy) is 1. The molecule has 0 radical (unpaired) electrons. The lowest BCUT2D eigenvalue weighted by Crippen LogP contribution is -2.43. The highest BCUT2D eigenvalue weighted by atomic mass is 32.2. The normalized spacial score (nSPS) is 11.8. The summed E-state index contributed by atoms with van der Waals surface area (Å²) in [4.78, 5) is 28.2. The number of para-hydroxylation sites is 1. The van der Waals surface area contributed by atoms with Crippen molar-refractivity contribution in [2.45, 2.75) is 4.90 Å². The molecule has 0 aliphatic rings. The molecule has 2 aromatic heterocycles. The van der Waals surface area contributed by atoms with Gasteiger partial charge < -0.3 is 9.30 Å². The monoisotopic (exact) mass is 410 g/mol. The predicted octanol–water partition coefficient (Wildman–Crippen LogP) is 0.535. The van der Waals surface area contributed by atoms with E-state index in [0.717, 1.165) is 24.3 Å². The molecule has 0 aliphatic carbocycles. The van der Waals surface area contributed by atoms with Crippen LogP contribution >= 0.6 is 11.3 Å². The second-order valence-electron chi connectivity index (χ2n) is 5.79. The molecular formula is C16H18N4O5S2. The van der Waals surface area contributed by atoms with Crippen LogP contribution in [0, 0.1) is 0 Å². The van der Waals surface area contributed by atoms with Gasteiger partial charge in [-0.2, -0.15) is 0 Å². The van der Waals surface area contributed by atoms with Gasteiger partial charge in [0.1, 0.15) is 0 Å². The summed E-state index contributed by atoms with van der Waals surface area (Å²) in [6.45, 7) is 0.0892. The zero-order valence-corrected chi connectivity index (χ0v) is 16.6. The van der Waals surface area contributed by atoms with Crippen LogP contribution in [0.15, 0.2) is 44.9 Å². The molecule has 11 heteroatoms. The molecule has 0 atom stereocenters. The number of aromatic nitrogens is 3. The van der Waals surface area contributed by atoms with Gasteiger partial charge in [0.25, 0.3) is 15.6 Å². The van der Waals surface area contributed by atoms with E-state index in [4.69, 9.17) is 4.74 Å². The number of benzene rings is 1. The molecule has 27 heavy (non-hydrogen) atoms. The Morgan fingerprint density at radius 2 is 1.93 bits per heavy atom. The van der Waals surface area contributed by atoms with Gasteiger partial charge in [-0.1, -0.05) is 23.5 Å². The maximum Gasteiger partial charge on any atom is 0.330 e. The zero-order chi connectivity index (χ0) is 19.8. The molecule has 3 aromatic rings. The molecule has 144 valence electrons. The van der Waals surface area contributed by atoms with Crippen molar-refractivity contribution in [1.29, 1.82) is 0 Å². The minimum atomic E-state index is -4.26. The van der Waals surface area contributed by atoms with E-state index in [1.807, 2.05) is 18.2 Å². The molecule has 3 rings (SSSR count). The largest absolute Gasteiger partial charge is 0.383 e. The fourth-order valence-corrected chi connectivity index (χ4v) is 5.28. The second kappa shape index (κ2) is 7.25. The first-order valence-electron chi connectivity index (χ1n) is 7.91. The lowest BCUT2D eigenvalue weighted by molar-refractivity contribution is 0.208. The summed E-state index contributed by atoms with van der Waals surface area (Å²) < 4.78 is 35.2. The topological polar surface area (TPSA) is 104 Å². The summed E-state index contributed by atoms with van der Waals surface area (Å²) in [6.07, 6.45) is 1.03. The van der Waals surface area contributed by atoms with Gasteiger partial charge in [0, 0.05) is 27.4 Å². The van der Waals surface area contributed by atoms with Crippen LogP contribution in [0.1, 0.15) is 0 Å². The molecule has 0 spiro atoms. The summed E-state index contributed by atoms with van der Waals surface area (Å²) in [6, 6.07) is 7.26. The van der Waals surface area contributed by atoms with E-state index in [-0.39, 0.29) is 18.3 Å². The van der Waals surface area contributed by atoms with Crippen LogP contribution in [0.3, 0.4) is 0 Å². The molecule has 0 saturated carbocycles. The third-order valence-corrected chi connectivity index (χ3v) is 6.92. The summed E-state index contributed by atoms with van der Waals surface area (Å²) >= 11 is 1.20. The van der Waals surface area contributed by atoms with Crippen molar-refractivity contribution in [3.05, 3.63) is 51.3 Å².